The average molecular weight is 240 g/mol. The van der Waals surface area contributed by atoms with E-state index < -0.39 is 26.0 Å². The van der Waals surface area contributed by atoms with Crippen LogP contribution in [-0.4, -0.2) is 40.2 Å². The van der Waals surface area contributed by atoms with Gasteiger partial charge in [0.25, 0.3) is 0 Å². The molecule has 0 radical (unpaired) electrons. The molecule has 0 aromatic heterocycles. The summed E-state index contributed by atoms with van der Waals surface area (Å²) >= 11 is 0. The molecule has 0 saturated carbocycles. The van der Waals surface area contributed by atoms with Crippen LogP contribution in [0.4, 0.5) is 0 Å². The van der Waals surface area contributed by atoms with E-state index in [9.17, 15) is 14.5 Å². The molecule has 0 spiro atoms. The van der Waals surface area contributed by atoms with Crippen LogP contribution in [0.3, 0.4) is 0 Å². The lowest BCUT2D eigenvalue weighted by Gasteiger charge is -2.21. The van der Waals surface area contributed by atoms with Gasteiger partial charge in [-0.15, -0.1) is 0 Å². The lowest BCUT2D eigenvalue weighted by atomic mass is 10.0. The lowest BCUT2D eigenvalue weighted by Crippen LogP contribution is -2.26. The maximum Gasteiger partial charge on any atom is 0.326 e. The predicted octanol–water partition coefficient (Wildman–Crippen LogP) is 0.114. The van der Waals surface area contributed by atoms with E-state index in [1.54, 1.807) is 0 Å². The summed E-state index contributed by atoms with van der Waals surface area (Å²) in [6.07, 6.45) is -1.35. The van der Waals surface area contributed by atoms with Crippen molar-refractivity contribution in [3.63, 3.8) is 0 Å². The molecule has 0 aromatic rings. The van der Waals surface area contributed by atoms with Gasteiger partial charge in [-0.2, -0.15) is 0 Å². The minimum absolute atomic E-state index is 0.0889. The Labute approximate surface area is 88.4 Å². The highest BCUT2D eigenvalue weighted by Crippen LogP contribution is 2.39. The number of carbonyl (C=O) groups is 1. The molecule has 2 unspecified atom stereocenters. The molecule has 0 heterocycles. The van der Waals surface area contributed by atoms with Crippen molar-refractivity contribution in [2.24, 2.45) is 5.92 Å². The van der Waals surface area contributed by atoms with E-state index in [1.165, 1.54) is 14.0 Å². The molecule has 0 fully saturated rings. The second-order valence-corrected chi connectivity index (χ2v) is 5.17. The third-order valence-corrected chi connectivity index (χ3v) is 2.93. The SMILES string of the molecule is COC(O)C(CCC(C)=O)CP(=O)(O)O. The van der Waals surface area contributed by atoms with E-state index in [0.29, 0.717) is 0 Å². The first-order valence-electron chi connectivity index (χ1n) is 4.51. The van der Waals surface area contributed by atoms with Gasteiger partial charge in [0.2, 0.25) is 0 Å². The minimum Gasteiger partial charge on any atom is -0.368 e. The maximum absolute atomic E-state index is 10.7. The number of Topliss-reactive ketones (excluding diaryl/α,β-unsaturated/α-hetero) is 1. The Morgan fingerprint density at radius 1 is 1.47 bits per heavy atom. The fourth-order valence-corrected chi connectivity index (χ4v) is 2.18. The molecule has 0 aliphatic heterocycles. The summed E-state index contributed by atoms with van der Waals surface area (Å²) in [5.74, 6) is -0.811. The Morgan fingerprint density at radius 3 is 2.33 bits per heavy atom. The lowest BCUT2D eigenvalue weighted by molar-refractivity contribution is -0.121. The number of ketones is 1. The quantitative estimate of drug-likeness (QED) is 0.431. The van der Waals surface area contributed by atoms with Crippen LogP contribution in [0.15, 0.2) is 0 Å². The van der Waals surface area contributed by atoms with E-state index in [4.69, 9.17) is 9.79 Å². The van der Waals surface area contributed by atoms with Crippen molar-refractivity contribution >= 4 is 13.4 Å². The summed E-state index contributed by atoms with van der Waals surface area (Å²) in [4.78, 5) is 28.2. The molecule has 0 aliphatic carbocycles. The van der Waals surface area contributed by atoms with Gasteiger partial charge in [0.05, 0.1) is 6.16 Å². The largest absolute Gasteiger partial charge is 0.368 e. The van der Waals surface area contributed by atoms with Gasteiger partial charge in [-0.1, -0.05) is 0 Å². The summed E-state index contributed by atoms with van der Waals surface area (Å²) in [6.45, 7) is 1.38. The van der Waals surface area contributed by atoms with Gasteiger partial charge in [-0.25, -0.2) is 0 Å². The standard InChI is InChI=1S/C8H17O6P/c1-6(9)3-4-7(8(10)14-2)5-15(11,12)13/h7-8,10H,3-5H2,1-2H3,(H2,11,12,13). The van der Waals surface area contributed by atoms with E-state index in [2.05, 4.69) is 4.74 Å². The van der Waals surface area contributed by atoms with Crippen molar-refractivity contribution in [2.45, 2.75) is 26.1 Å². The van der Waals surface area contributed by atoms with E-state index in [-0.39, 0.29) is 18.6 Å². The first kappa shape index (κ1) is 14.7. The molecule has 7 heteroatoms. The van der Waals surface area contributed by atoms with Crippen LogP contribution in [0.2, 0.25) is 0 Å². The summed E-state index contributed by atoms with van der Waals surface area (Å²) in [5.41, 5.74) is 0. The number of aliphatic hydroxyl groups excluding tert-OH is 1. The Kier molecular flexibility index (Phi) is 6.24. The summed E-state index contributed by atoms with van der Waals surface area (Å²) in [7, 11) is -2.96. The molecule has 2 atom stereocenters. The molecular formula is C8H17O6P. The molecule has 0 saturated heterocycles. The summed E-state index contributed by atoms with van der Waals surface area (Å²) < 4.78 is 15.3. The van der Waals surface area contributed by atoms with Crippen molar-refractivity contribution in [1.29, 1.82) is 0 Å². The fourth-order valence-electron chi connectivity index (χ4n) is 1.21. The number of methoxy groups -OCH3 is 1. The van der Waals surface area contributed by atoms with Gasteiger partial charge in [0.1, 0.15) is 5.78 Å². The molecule has 0 aliphatic rings. The molecule has 0 aromatic carbocycles. The fraction of sp³-hybridized carbons (Fsp3) is 0.875. The smallest absolute Gasteiger partial charge is 0.326 e. The van der Waals surface area contributed by atoms with Gasteiger partial charge in [0.15, 0.2) is 6.29 Å². The first-order chi connectivity index (χ1) is 6.76. The molecule has 6 nitrogen and oxygen atoms in total. The normalized spacial score (nSPS) is 16.1. The third-order valence-electron chi connectivity index (χ3n) is 1.98. The van der Waals surface area contributed by atoms with Crippen LogP contribution in [0, 0.1) is 5.92 Å². The second kappa shape index (κ2) is 6.35. The number of hydrogen-bond donors (Lipinski definition) is 3. The van der Waals surface area contributed by atoms with Gasteiger partial charge < -0.3 is 24.4 Å². The van der Waals surface area contributed by atoms with E-state index >= 15 is 0 Å². The van der Waals surface area contributed by atoms with Crippen LogP contribution in [0.5, 0.6) is 0 Å². The average Bonchev–Trinajstić information content (AvgIpc) is 2.08. The van der Waals surface area contributed by atoms with Crippen molar-refractivity contribution in [3.05, 3.63) is 0 Å². The van der Waals surface area contributed by atoms with Crippen molar-refractivity contribution in [1.82, 2.24) is 0 Å². The maximum atomic E-state index is 10.7. The van der Waals surface area contributed by atoms with E-state index in [0.717, 1.165) is 0 Å². The number of rotatable bonds is 7. The monoisotopic (exact) mass is 240 g/mol. The number of ether oxygens (including phenoxy) is 1. The topological polar surface area (TPSA) is 104 Å². The van der Waals surface area contributed by atoms with Crippen molar-refractivity contribution in [2.75, 3.05) is 13.3 Å². The minimum atomic E-state index is -4.20. The van der Waals surface area contributed by atoms with Gasteiger partial charge in [-0.05, 0) is 13.3 Å². The van der Waals surface area contributed by atoms with Gasteiger partial charge in [-0.3, -0.25) is 4.57 Å². The zero-order valence-corrected chi connectivity index (χ0v) is 9.68. The van der Waals surface area contributed by atoms with E-state index in [1.807, 2.05) is 0 Å². The van der Waals surface area contributed by atoms with Crippen LogP contribution in [0.1, 0.15) is 19.8 Å². The van der Waals surface area contributed by atoms with Crippen LogP contribution >= 0.6 is 7.60 Å². The van der Waals surface area contributed by atoms with Crippen LogP contribution < -0.4 is 0 Å². The Bertz CT molecular complexity index is 248. The number of carbonyl (C=O) groups excluding carboxylic acids is 1. The molecule has 90 valence electrons. The summed E-state index contributed by atoms with van der Waals surface area (Å²) in [6, 6.07) is 0. The molecule has 3 N–H and O–H groups in total. The van der Waals surface area contributed by atoms with Crippen molar-refractivity contribution in [3.8, 4) is 0 Å². The highest BCUT2D eigenvalue weighted by molar-refractivity contribution is 7.51. The van der Waals surface area contributed by atoms with Crippen LogP contribution in [-0.2, 0) is 14.1 Å². The Balaban J connectivity index is 4.31. The van der Waals surface area contributed by atoms with Gasteiger partial charge >= 0.3 is 7.60 Å². The first-order valence-corrected chi connectivity index (χ1v) is 6.31. The number of hydrogen-bond acceptors (Lipinski definition) is 4. The molecule has 15 heavy (non-hydrogen) atoms. The number of aliphatic hydroxyl groups is 1. The van der Waals surface area contributed by atoms with Gasteiger partial charge in [0, 0.05) is 19.4 Å². The Morgan fingerprint density at radius 2 is 2.00 bits per heavy atom. The summed E-state index contributed by atoms with van der Waals surface area (Å²) in [5, 5.41) is 9.32. The highest BCUT2D eigenvalue weighted by Gasteiger charge is 2.27. The Hall–Kier alpha value is -0.260. The predicted molar refractivity (Wildman–Crippen MR) is 53.3 cm³/mol. The van der Waals surface area contributed by atoms with Crippen molar-refractivity contribution < 1.29 is 29.0 Å². The molecular weight excluding hydrogens is 223 g/mol. The molecule has 0 rings (SSSR count). The molecule has 0 amide bonds. The van der Waals surface area contributed by atoms with Crippen LogP contribution in [0.25, 0.3) is 0 Å². The molecule has 0 bridgehead atoms. The second-order valence-electron chi connectivity index (χ2n) is 3.47. The highest BCUT2D eigenvalue weighted by atomic mass is 31.2. The third kappa shape index (κ3) is 7.64. The zero-order chi connectivity index (χ0) is 12.1. The zero-order valence-electron chi connectivity index (χ0n) is 8.79.